The highest BCUT2D eigenvalue weighted by atomic mass is 32.2. The number of amides is 5. The molecule has 0 bridgehead atoms. The lowest BCUT2D eigenvalue weighted by atomic mass is 9.87. The van der Waals surface area contributed by atoms with Gasteiger partial charge in [-0.1, -0.05) is 80.8 Å². The highest BCUT2D eigenvalue weighted by molar-refractivity contribution is 7.90. The molecule has 1 spiro atoms. The van der Waals surface area contributed by atoms with Crippen LogP contribution in [0.4, 0.5) is 5.69 Å². The maximum atomic E-state index is 13.1. The highest BCUT2D eigenvalue weighted by Gasteiger charge is 2.58. The summed E-state index contributed by atoms with van der Waals surface area (Å²) in [5.74, 6) is -2.24. The maximum absolute atomic E-state index is 13.1. The van der Waals surface area contributed by atoms with Crippen LogP contribution in [0.15, 0.2) is 89.4 Å². The average Bonchev–Trinajstić information content (AvgIpc) is 4.10. The van der Waals surface area contributed by atoms with Crippen molar-refractivity contribution in [2.75, 3.05) is 18.5 Å². The molecule has 3 saturated heterocycles. The molecule has 2 aromatic carbocycles. The van der Waals surface area contributed by atoms with Crippen molar-refractivity contribution in [1.29, 1.82) is 0 Å². The van der Waals surface area contributed by atoms with E-state index in [0.717, 1.165) is 31.3 Å². The number of nitrogens with one attached hydrogen (secondary N) is 5. The number of anilines is 1. The van der Waals surface area contributed by atoms with Gasteiger partial charge in [-0.2, -0.15) is 0 Å². The summed E-state index contributed by atoms with van der Waals surface area (Å²) < 4.78 is 51.6. The minimum atomic E-state index is -4.22. The molecule has 0 aromatic heterocycles. The van der Waals surface area contributed by atoms with Crippen LogP contribution in [-0.4, -0.2) is 110 Å². The number of esters is 1. The van der Waals surface area contributed by atoms with Crippen LogP contribution in [-0.2, 0) is 70.7 Å². The van der Waals surface area contributed by atoms with Crippen molar-refractivity contribution in [3.8, 4) is 0 Å². The lowest BCUT2D eigenvalue weighted by molar-refractivity contribution is -0.145. The lowest BCUT2D eigenvalue weighted by Crippen LogP contribution is -2.50. The summed E-state index contributed by atoms with van der Waals surface area (Å²) in [6.07, 6.45) is 10.2. The first-order chi connectivity index (χ1) is 33.7. The summed E-state index contributed by atoms with van der Waals surface area (Å²) in [7, 11) is -4.22. The molecule has 0 unspecified atom stereocenters. The number of aliphatic hydroxyl groups excluding tert-OH is 1. The predicted octanol–water partition coefficient (Wildman–Crippen LogP) is 4.75. The standard InChI is InChI=1S/C52H71N5O13S/c1-7-8-9-14-46(59)54-31-50(63)55-42-13-11-10-12-39(42)20-26-48(61)57-71(65,66)41-21-18-38(19-22-41)30-53-49(62)28-40-29-52(32-67-52)51(64)45(70-40)24-16-33(2)15-23-44-34(3)27-43(36(5)69-44)56-47(60)25-17-35(4)68-37(6)58/h10-13,15-19,21-22,24-25,34-36,40,43-45,51,64H,7-9,14,20,23,26-32H2,1-6H3,(H,53,62)(H,54,59)(H,55,63)(H,56,60)(H,57,61)/b24-16+,25-17-,33-15+/t34-,35-,36+,40+,43+,44-,45+,51+,52+/m0/s1. The average molecular weight is 1010 g/mol. The van der Waals surface area contributed by atoms with Crippen LogP contribution in [0.1, 0.15) is 110 Å². The number of benzene rings is 2. The SMILES string of the molecule is CCCCCC(=O)NCC(=O)Nc1ccccc1CCC(=O)NS(=O)(=O)c1ccc(CNC(=O)C[C@@H]2C[C@@]3(CO3)[C@H](O)[C@@H](/C=C/C(C)=C/C[C@@H]3O[C@H](C)[C@H](NC(=O)/C=C\[C@H](C)OC(C)=O)C[C@@H]3C)O2)cc1. The number of epoxide rings is 1. The molecule has 71 heavy (non-hydrogen) atoms. The number of ether oxygens (including phenoxy) is 4. The van der Waals surface area contributed by atoms with Crippen LogP contribution in [0.2, 0.25) is 0 Å². The van der Waals surface area contributed by atoms with Gasteiger partial charge in [0.1, 0.15) is 23.9 Å². The number of aryl methyl sites for hydroxylation is 1. The Morgan fingerprint density at radius 1 is 0.915 bits per heavy atom. The summed E-state index contributed by atoms with van der Waals surface area (Å²) in [6.45, 7) is 11.2. The molecular weight excluding hydrogens is 935 g/mol. The van der Waals surface area contributed by atoms with Crippen molar-refractivity contribution in [1.82, 2.24) is 20.7 Å². The summed E-state index contributed by atoms with van der Waals surface area (Å²) in [5, 5.41) is 22.3. The van der Waals surface area contributed by atoms with Crippen molar-refractivity contribution >= 4 is 51.2 Å². The summed E-state index contributed by atoms with van der Waals surface area (Å²) in [5.41, 5.74) is 1.82. The molecule has 9 atom stereocenters. The van der Waals surface area contributed by atoms with Crippen LogP contribution in [0.25, 0.3) is 0 Å². The topological polar surface area (TPSA) is 257 Å². The Morgan fingerprint density at radius 2 is 1.65 bits per heavy atom. The van der Waals surface area contributed by atoms with Gasteiger partial charge in [-0.05, 0) is 87.8 Å². The van der Waals surface area contributed by atoms with Gasteiger partial charge in [-0.3, -0.25) is 28.8 Å². The number of allylic oxidation sites excluding steroid dienone is 2. The zero-order chi connectivity index (χ0) is 51.7. The Balaban J connectivity index is 1.04. The number of aliphatic hydroxyl groups is 1. The van der Waals surface area contributed by atoms with Crippen molar-refractivity contribution in [3.63, 3.8) is 0 Å². The molecule has 3 fully saturated rings. The van der Waals surface area contributed by atoms with Crippen molar-refractivity contribution < 1.29 is 61.2 Å². The molecule has 6 N–H and O–H groups in total. The molecule has 0 radical (unpaired) electrons. The maximum Gasteiger partial charge on any atom is 0.303 e. The second-order valence-electron chi connectivity index (χ2n) is 18.7. The van der Waals surface area contributed by atoms with E-state index in [2.05, 4.69) is 39.0 Å². The van der Waals surface area contributed by atoms with E-state index in [1.807, 2.05) is 26.8 Å². The fourth-order valence-electron chi connectivity index (χ4n) is 8.52. The molecule has 18 nitrogen and oxygen atoms in total. The molecule has 5 rings (SSSR count). The molecule has 388 valence electrons. The van der Waals surface area contributed by atoms with Crippen LogP contribution < -0.4 is 26.0 Å². The number of hydrogen-bond donors (Lipinski definition) is 6. The van der Waals surface area contributed by atoms with Crippen molar-refractivity contribution in [3.05, 3.63) is 95.6 Å². The minimum absolute atomic E-state index is 0.00394. The molecule has 0 saturated carbocycles. The first-order valence-corrected chi connectivity index (χ1v) is 25.9. The Kier molecular flexibility index (Phi) is 21.1. The normalized spacial score (nSPS) is 24.8. The smallest absolute Gasteiger partial charge is 0.303 e. The van der Waals surface area contributed by atoms with Gasteiger partial charge < -0.3 is 45.3 Å². The first-order valence-electron chi connectivity index (χ1n) is 24.4. The zero-order valence-electron chi connectivity index (χ0n) is 41.6. The minimum Gasteiger partial charge on any atom is -0.459 e. The Bertz CT molecular complexity index is 2380. The fourth-order valence-corrected chi connectivity index (χ4v) is 9.53. The second-order valence-corrected chi connectivity index (χ2v) is 20.4. The fraction of sp³-hybridized carbons (Fsp3) is 0.538. The van der Waals surface area contributed by atoms with Crippen molar-refractivity contribution in [2.45, 2.75) is 165 Å². The van der Waals surface area contributed by atoms with Crippen LogP contribution in [0.5, 0.6) is 0 Å². The number of carbonyl (C=O) groups is 6. The third-order valence-electron chi connectivity index (χ3n) is 12.7. The molecule has 3 heterocycles. The summed E-state index contributed by atoms with van der Waals surface area (Å²) >= 11 is 0. The predicted molar refractivity (Wildman–Crippen MR) is 265 cm³/mol. The van der Waals surface area contributed by atoms with Crippen molar-refractivity contribution in [2.24, 2.45) is 5.92 Å². The highest BCUT2D eigenvalue weighted by Crippen LogP contribution is 2.43. The molecule has 5 amide bonds. The van der Waals surface area contributed by atoms with Gasteiger partial charge >= 0.3 is 5.97 Å². The van der Waals surface area contributed by atoms with Gasteiger partial charge in [0.25, 0.3) is 10.0 Å². The number of sulfonamides is 1. The number of hydrogen-bond acceptors (Lipinski definition) is 13. The van der Waals surface area contributed by atoms with Crippen LogP contribution >= 0.6 is 0 Å². The quantitative estimate of drug-likeness (QED) is 0.0273. The van der Waals surface area contributed by atoms with E-state index < -0.39 is 57.8 Å². The van der Waals surface area contributed by atoms with E-state index in [1.54, 1.807) is 49.4 Å². The molecule has 3 aliphatic rings. The molecule has 0 aliphatic carbocycles. The van der Waals surface area contributed by atoms with Gasteiger partial charge in [-0.25, -0.2) is 13.1 Å². The molecule has 19 heteroatoms. The van der Waals surface area contributed by atoms with E-state index in [9.17, 15) is 42.3 Å². The number of para-hydroxylation sites is 1. The third-order valence-corrected chi connectivity index (χ3v) is 14.1. The Hall–Kier alpha value is -5.73. The Morgan fingerprint density at radius 3 is 2.35 bits per heavy atom. The second kappa shape index (κ2) is 26.6. The van der Waals surface area contributed by atoms with Crippen LogP contribution in [0.3, 0.4) is 0 Å². The van der Waals surface area contributed by atoms with Gasteiger partial charge in [0, 0.05) is 44.5 Å². The third kappa shape index (κ3) is 18.1. The zero-order valence-corrected chi connectivity index (χ0v) is 42.4. The van der Waals surface area contributed by atoms with E-state index in [4.69, 9.17) is 18.9 Å². The van der Waals surface area contributed by atoms with E-state index >= 15 is 0 Å². The summed E-state index contributed by atoms with van der Waals surface area (Å²) in [4.78, 5) is 74.0. The van der Waals surface area contributed by atoms with E-state index in [-0.39, 0.29) is 79.1 Å². The molecular formula is C52H71N5O13S. The number of unbranched alkanes of at least 4 members (excludes halogenated alkanes) is 2. The molecule has 2 aromatic rings. The molecule has 3 aliphatic heterocycles. The largest absolute Gasteiger partial charge is 0.459 e. The Labute approximate surface area is 417 Å². The summed E-state index contributed by atoms with van der Waals surface area (Å²) in [6, 6.07) is 12.4. The number of rotatable bonds is 24. The monoisotopic (exact) mass is 1010 g/mol. The number of carbonyl (C=O) groups excluding carboxylic acids is 6. The van der Waals surface area contributed by atoms with Crippen LogP contribution in [0, 0.1) is 5.92 Å². The van der Waals surface area contributed by atoms with Gasteiger partial charge in [0.2, 0.25) is 29.5 Å². The van der Waals surface area contributed by atoms with Gasteiger partial charge in [0.15, 0.2) is 0 Å². The van der Waals surface area contributed by atoms with Gasteiger partial charge in [-0.15, -0.1) is 0 Å². The van der Waals surface area contributed by atoms with Gasteiger partial charge in [0.05, 0.1) is 48.8 Å². The van der Waals surface area contributed by atoms with E-state index in [0.29, 0.717) is 42.7 Å². The van der Waals surface area contributed by atoms with E-state index in [1.165, 1.54) is 31.2 Å². The first kappa shape index (κ1) is 56.2. The lowest BCUT2D eigenvalue weighted by Gasteiger charge is -2.39.